The van der Waals surface area contributed by atoms with Crippen LogP contribution in [0.5, 0.6) is 0 Å². The lowest BCUT2D eigenvalue weighted by molar-refractivity contribution is -0.286. The molecule has 6 heteroatoms. The summed E-state index contributed by atoms with van der Waals surface area (Å²) in [6.45, 7) is -0.526. The second kappa shape index (κ2) is 3.65. The maximum absolute atomic E-state index is 9.12. The van der Waals surface area contributed by atoms with E-state index in [0.717, 1.165) is 0 Å². The zero-order chi connectivity index (χ0) is 9.30. The first-order valence-electron chi connectivity index (χ1n) is 3.56. The third-order valence-corrected chi connectivity index (χ3v) is 1.87. The summed E-state index contributed by atoms with van der Waals surface area (Å²) in [5.74, 6) is 0. The van der Waals surface area contributed by atoms with Crippen molar-refractivity contribution in [3.05, 3.63) is 0 Å². The Morgan fingerprint density at radius 3 is 2.00 bits per heavy atom. The largest absolute Gasteiger partial charge is 0.394 e. The lowest BCUT2D eigenvalue weighted by Crippen LogP contribution is -2.58. The summed E-state index contributed by atoms with van der Waals surface area (Å²) in [4.78, 5) is 0. The van der Waals surface area contributed by atoms with Crippen LogP contribution in [0.3, 0.4) is 0 Å². The summed E-state index contributed by atoms with van der Waals surface area (Å²) in [6, 6.07) is 0. The normalized spacial score (nSPS) is 49.2. The number of ether oxygens (including phenoxy) is 1. The van der Waals surface area contributed by atoms with Crippen LogP contribution in [-0.2, 0) is 4.74 Å². The van der Waals surface area contributed by atoms with E-state index in [4.69, 9.17) is 25.5 Å². The van der Waals surface area contributed by atoms with E-state index in [2.05, 4.69) is 4.74 Å². The summed E-state index contributed by atoms with van der Waals surface area (Å²) < 4.78 is 4.58. The summed E-state index contributed by atoms with van der Waals surface area (Å²) in [5.41, 5.74) is 0. The monoisotopic (exact) mass is 180 g/mol. The lowest BCUT2D eigenvalue weighted by atomic mass is 10.00. The summed E-state index contributed by atoms with van der Waals surface area (Å²) in [7, 11) is 0. The minimum atomic E-state index is -1.57. The fraction of sp³-hybridized carbons (Fsp3) is 1.00. The zero-order valence-electron chi connectivity index (χ0n) is 6.24. The van der Waals surface area contributed by atoms with E-state index in [0.29, 0.717) is 0 Å². The van der Waals surface area contributed by atoms with Gasteiger partial charge in [0.2, 0.25) is 0 Å². The Bertz CT molecular complexity index is 146. The molecule has 0 aliphatic carbocycles. The Morgan fingerprint density at radius 2 is 1.50 bits per heavy atom. The quantitative estimate of drug-likeness (QED) is 0.290. The van der Waals surface area contributed by atoms with Crippen LogP contribution in [0.2, 0.25) is 0 Å². The van der Waals surface area contributed by atoms with Gasteiger partial charge in [0.15, 0.2) is 6.29 Å². The van der Waals surface area contributed by atoms with Gasteiger partial charge in [0, 0.05) is 0 Å². The molecule has 12 heavy (non-hydrogen) atoms. The predicted octanol–water partition coefficient (Wildman–Crippen LogP) is -3.22. The molecule has 0 aromatic heterocycles. The standard InChI is InChI=1S/C6H12O6/c7-1-2-3(8)4(9)5(10)6(11)12-2/h2-11H,1H2/t2-,3+,4+,5+,6+/m1/s1. The lowest BCUT2D eigenvalue weighted by Gasteiger charge is -2.37. The Kier molecular flexibility index (Phi) is 2.99. The van der Waals surface area contributed by atoms with Gasteiger partial charge in [-0.1, -0.05) is 0 Å². The molecule has 1 rings (SSSR count). The molecule has 0 radical (unpaired) electrons. The van der Waals surface area contributed by atoms with E-state index in [9.17, 15) is 0 Å². The third kappa shape index (κ3) is 1.58. The predicted molar refractivity (Wildman–Crippen MR) is 36.0 cm³/mol. The smallest absolute Gasteiger partial charge is 0.184 e. The van der Waals surface area contributed by atoms with Crippen LogP contribution < -0.4 is 0 Å². The highest BCUT2D eigenvalue weighted by Crippen LogP contribution is 2.18. The molecule has 1 fully saturated rings. The van der Waals surface area contributed by atoms with E-state index in [1.165, 1.54) is 0 Å². The average molecular weight is 180 g/mol. The van der Waals surface area contributed by atoms with Crippen LogP contribution in [0.15, 0.2) is 0 Å². The van der Waals surface area contributed by atoms with Crippen molar-refractivity contribution in [3.8, 4) is 0 Å². The van der Waals surface area contributed by atoms with Gasteiger partial charge < -0.3 is 30.3 Å². The number of aliphatic hydroxyl groups excluding tert-OH is 5. The van der Waals surface area contributed by atoms with Crippen LogP contribution in [-0.4, -0.2) is 62.8 Å². The highest BCUT2D eigenvalue weighted by molar-refractivity contribution is 4.87. The zero-order valence-corrected chi connectivity index (χ0v) is 6.24. The average Bonchev–Trinajstić information content (AvgIpc) is 2.08. The summed E-state index contributed by atoms with van der Waals surface area (Å²) in [6.07, 6.45) is -7.04. The Labute approximate surface area is 68.6 Å². The molecule has 5 N–H and O–H groups in total. The molecule has 1 aliphatic rings. The van der Waals surface area contributed by atoms with Gasteiger partial charge in [-0.2, -0.15) is 0 Å². The van der Waals surface area contributed by atoms with Crippen molar-refractivity contribution in [1.29, 1.82) is 0 Å². The maximum Gasteiger partial charge on any atom is 0.184 e. The summed E-state index contributed by atoms with van der Waals surface area (Å²) >= 11 is 0. The number of hydrogen-bond acceptors (Lipinski definition) is 6. The number of hydrogen-bond donors (Lipinski definition) is 5. The van der Waals surface area contributed by atoms with Gasteiger partial charge >= 0.3 is 0 Å². The Balaban J connectivity index is 2.63. The number of rotatable bonds is 1. The molecule has 0 aromatic rings. The molecule has 0 aromatic carbocycles. The molecule has 0 saturated carbocycles. The van der Waals surface area contributed by atoms with Gasteiger partial charge in [-0.25, -0.2) is 0 Å². The van der Waals surface area contributed by atoms with Crippen molar-refractivity contribution in [1.82, 2.24) is 0 Å². The van der Waals surface area contributed by atoms with Gasteiger partial charge in [-0.05, 0) is 0 Å². The molecule has 0 unspecified atom stereocenters. The molecule has 0 spiro atoms. The second-order valence-electron chi connectivity index (χ2n) is 2.72. The first-order valence-corrected chi connectivity index (χ1v) is 3.56. The minimum Gasteiger partial charge on any atom is -0.394 e. The molecule has 0 amide bonds. The van der Waals surface area contributed by atoms with Crippen LogP contribution in [0.1, 0.15) is 0 Å². The van der Waals surface area contributed by atoms with Gasteiger partial charge in [-0.3, -0.25) is 0 Å². The highest BCUT2D eigenvalue weighted by Gasteiger charge is 2.42. The van der Waals surface area contributed by atoms with Crippen LogP contribution >= 0.6 is 0 Å². The molecule has 1 saturated heterocycles. The first kappa shape index (κ1) is 9.85. The van der Waals surface area contributed by atoms with E-state index >= 15 is 0 Å². The Hall–Kier alpha value is -0.240. The van der Waals surface area contributed by atoms with Crippen molar-refractivity contribution in [3.63, 3.8) is 0 Å². The molecule has 0 bridgehead atoms. The molecular weight excluding hydrogens is 168 g/mol. The van der Waals surface area contributed by atoms with E-state index < -0.39 is 37.3 Å². The van der Waals surface area contributed by atoms with E-state index in [-0.39, 0.29) is 0 Å². The number of aliphatic hydroxyl groups is 5. The van der Waals surface area contributed by atoms with Gasteiger partial charge in [0.05, 0.1) is 6.61 Å². The topological polar surface area (TPSA) is 110 Å². The molecule has 6 nitrogen and oxygen atoms in total. The van der Waals surface area contributed by atoms with Crippen molar-refractivity contribution >= 4 is 0 Å². The molecule has 72 valence electrons. The van der Waals surface area contributed by atoms with Crippen molar-refractivity contribution < 1.29 is 30.3 Å². The SMILES string of the molecule is OC[C@H]1O[C@H](O)[C@@H](O)[C@@H](O)[C@H]1O. The first-order chi connectivity index (χ1) is 5.57. The van der Waals surface area contributed by atoms with Crippen molar-refractivity contribution in [2.75, 3.05) is 6.61 Å². The van der Waals surface area contributed by atoms with Crippen LogP contribution in [0.25, 0.3) is 0 Å². The minimum absolute atomic E-state index is 0.526. The van der Waals surface area contributed by atoms with Gasteiger partial charge in [-0.15, -0.1) is 0 Å². The molecule has 1 heterocycles. The van der Waals surface area contributed by atoms with Crippen molar-refractivity contribution in [2.24, 2.45) is 0 Å². The fourth-order valence-electron chi connectivity index (χ4n) is 1.08. The molecule has 5 atom stereocenters. The van der Waals surface area contributed by atoms with E-state index in [1.807, 2.05) is 0 Å². The summed E-state index contributed by atoms with van der Waals surface area (Å²) in [5, 5.41) is 44.7. The van der Waals surface area contributed by atoms with E-state index in [1.54, 1.807) is 0 Å². The van der Waals surface area contributed by atoms with Gasteiger partial charge in [0.1, 0.15) is 24.4 Å². The van der Waals surface area contributed by atoms with Crippen LogP contribution in [0.4, 0.5) is 0 Å². The van der Waals surface area contributed by atoms with Crippen LogP contribution in [0, 0.1) is 0 Å². The molecular formula is C6H12O6. The fourth-order valence-corrected chi connectivity index (χ4v) is 1.08. The van der Waals surface area contributed by atoms with Gasteiger partial charge in [0.25, 0.3) is 0 Å². The Morgan fingerprint density at radius 1 is 0.917 bits per heavy atom. The maximum atomic E-state index is 9.12. The van der Waals surface area contributed by atoms with Crippen molar-refractivity contribution in [2.45, 2.75) is 30.7 Å². The molecule has 1 aliphatic heterocycles. The highest BCUT2D eigenvalue weighted by atomic mass is 16.6. The third-order valence-electron chi connectivity index (χ3n) is 1.87. The second-order valence-corrected chi connectivity index (χ2v) is 2.72.